The number of hydrogen-bond donors (Lipinski definition) is 2. The number of hydrogen-bond acceptors (Lipinski definition) is 6. The second kappa shape index (κ2) is 12.0. The SMILES string of the molecule is COc1cc2cc(c1OC)CCCNC(=O)C[C@@H]1CC[C@H](CNC(=O)CC2)N1Cc1ccccn1. The molecule has 2 aromatic rings. The van der Waals surface area contributed by atoms with E-state index in [1.165, 1.54) is 0 Å². The Morgan fingerprint density at radius 1 is 1.00 bits per heavy atom. The van der Waals surface area contributed by atoms with Crippen LogP contribution in [0.15, 0.2) is 36.5 Å². The maximum Gasteiger partial charge on any atom is 0.221 e. The Labute approximate surface area is 207 Å². The highest BCUT2D eigenvalue weighted by Gasteiger charge is 2.35. The fourth-order valence-electron chi connectivity index (χ4n) is 5.20. The fraction of sp³-hybridized carbons (Fsp3) is 0.519. The first-order valence-electron chi connectivity index (χ1n) is 12.5. The average Bonchev–Trinajstić information content (AvgIpc) is 3.24. The van der Waals surface area contributed by atoms with E-state index in [1.807, 2.05) is 24.3 Å². The van der Waals surface area contributed by atoms with Gasteiger partial charge < -0.3 is 20.1 Å². The molecule has 8 nitrogen and oxygen atoms in total. The van der Waals surface area contributed by atoms with Crippen LogP contribution in [0, 0.1) is 0 Å². The van der Waals surface area contributed by atoms with E-state index in [1.54, 1.807) is 20.4 Å². The van der Waals surface area contributed by atoms with Crippen molar-refractivity contribution in [2.24, 2.45) is 0 Å². The van der Waals surface area contributed by atoms with Crippen molar-refractivity contribution in [1.29, 1.82) is 0 Å². The van der Waals surface area contributed by atoms with Crippen LogP contribution in [0.5, 0.6) is 11.5 Å². The molecular formula is C27H36N4O4. The highest BCUT2D eigenvalue weighted by molar-refractivity contribution is 5.77. The van der Waals surface area contributed by atoms with E-state index >= 15 is 0 Å². The molecule has 1 aromatic heterocycles. The van der Waals surface area contributed by atoms with Gasteiger partial charge in [-0.3, -0.25) is 19.5 Å². The van der Waals surface area contributed by atoms with Crippen LogP contribution in [-0.4, -0.2) is 61.1 Å². The molecule has 188 valence electrons. The van der Waals surface area contributed by atoms with Gasteiger partial charge in [0.1, 0.15) is 0 Å². The quantitative estimate of drug-likeness (QED) is 0.699. The minimum Gasteiger partial charge on any atom is -0.493 e. The summed E-state index contributed by atoms with van der Waals surface area (Å²) in [6, 6.07) is 10.3. The number of aromatic nitrogens is 1. The second-order valence-corrected chi connectivity index (χ2v) is 9.33. The van der Waals surface area contributed by atoms with Crippen LogP contribution in [0.4, 0.5) is 0 Å². The van der Waals surface area contributed by atoms with Gasteiger partial charge in [0, 0.05) is 50.8 Å². The Balaban J connectivity index is 1.51. The number of pyridine rings is 1. The van der Waals surface area contributed by atoms with Gasteiger partial charge in [-0.15, -0.1) is 0 Å². The molecule has 1 fully saturated rings. The lowest BCUT2D eigenvalue weighted by Gasteiger charge is -2.30. The van der Waals surface area contributed by atoms with Gasteiger partial charge in [0.15, 0.2) is 11.5 Å². The molecule has 1 aromatic carbocycles. The minimum atomic E-state index is 0.0321. The number of benzene rings is 1. The number of fused-ring (bicyclic) bond motifs is 4. The Hall–Kier alpha value is -3.13. The maximum atomic E-state index is 12.8. The molecule has 1 saturated heterocycles. The van der Waals surface area contributed by atoms with Gasteiger partial charge in [0.25, 0.3) is 0 Å². The summed E-state index contributed by atoms with van der Waals surface area (Å²) >= 11 is 0. The van der Waals surface area contributed by atoms with Crippen LogP contribution in [0.1, 0.15) is 48.9 Å². The third-order valence-corrected chi connectivity index (χ3v) is 7.00. The molecule has 0 saturated carbocycles. The van der Waals surface area contributed by atoms with Crippen LogP contribution in [0.2, 0.25) is 0 Å². The summed E-state index contributed by atoms with van der Waals surface area (Å²) in [5.41, 5.74) is 3.05. The van der Waals surface area contributed by atoms with Crippen LogP contribution >= 0.6 is 0 Å². The summed E-state index contributed by atoms with van der Waals surface area (Å²) in [5, 5.41) is 6.24. The zero-order valence-corrected chi connectivity index (χ0v) is 20.7. The molecule has 8 heteroatoms. The lowest BCUT2D eigenvalue weighted by molar-refractivity contribution is -0.123. The van der Waals surface area contributed by atoms with Crippen LogP contribution in [0.3, 0.4) is 0 Å². The smallest absolute Gasteiger partial charge is 0.221 e. The molecule has 3 heterocycles. The van der Waals surface area contributed by atoms with Gasteiger partial charge in [-0.05, 0) is 61.4 Å². The molecule has 35 heavy (non-hydrogen) atoms. The van der Waals surface area contributed by atoms with E-state index in [4.69, 9.17) is 9.47 Å². The highest BCUT2D eigenvalue weighted by Crippen LogP contribution is 2.34. The summed E-state index contributed by atoms with van der Waals surface area (Å²) in [6.07, 6.45) is 6.70. The molecule has 0 radical (unpaired) electrons. The Kier molecular flexibility index (Phi) is 8.58. The van der Waals surface area contributed by atoms with Crippen molar-refractivity contribution >= 4 is 11.8 Å². The number of rotatable bonds is 4. The van der Waals surface area contributed by atoms with Crippen molar-refractivity contribution < 1.29 is 19.1 Å². The monoisotopic (exact) mass is 480 g/mol. The number of aryl methyl sites for hydroxylation is 2. The fourth-order valence-corrected chi connectivity index (χ4v) is 5.20. The molecule has 4 bridgehead atoms. The van der Waals surface area contributed by atoms with E-state index in [-0.39, 0.29) is 23.9 Å². The van der Waals surface area contributed by atoms with Crippen molar-refractivity contribution in [2.75, 3.05) is 27.3 Å². The number of nitrogens with zero attached hydrogens (tertiary/aromatic N) is 2. The minimum absolute atomic E-state index is 0.0321. The molecule has 2 atom stereocenters. The molecule has 4 rings (SSSR count). The Morgan fingerprint density at radius 3 is 2.63 bits per heavy atom. The number of nitrogens with one attached hydrogen (secondary N) is 2. The zero-order chi connectivity index (χ0) is 24.6. The number of carbonyl (C=O) groups excluding carboxylic acids is 2. The van der Waals surface area contributed by atoms with Gasteiger partial charge in [0.05, 0.1) is 19.9 Å². The molecule has 2 amide bonds. The third kappa shape index (κ3) is 6.51. The molecule has 2 N–H and O–H groups in total. The van der Waals surface area contributed by atoms with Gasteiger partial charge >= 0.3 is 0 Å². The molecule has 2 aliphatic rings. The summed E-state index contributed by atoms with van der Waals surface area (Å²) in [5.74, 6) is 1.48. The van der Waals surface area contributed by atoms with E-state index in [0.717, 1.165) is 42.5 Å². The van der Waals surface area contributed by atoms with Gasteiger partial charge in [0.2, 0.25) is 11.8 Å². The lowest BCUT2D eigenvalue weighted by Crippen LogP contribution is -2.44. The Bertz CT molecular complexity index is 1010. The second-order valence-electron chi connectivity index (χ2n) is 9.33. The van der Waals surface area contributed by atoms with E-state index in [9.17, 15) is 9.59 Å². The summed E-state index contributed by atoms with van der Waals surface area (Å²) in [7, 11) is 3.26. The third-order valence-electron chi connectivity index (χ3n) is 7.00. The van der Waals surface area contributed by atoms with Gasteiger partial charge in [-0.2, -0.15) is 0 Å². The molecular weight excluding hydrogens is 444 g/mol. The average molecular weight is 481 g/mol. The Morgan fingerprint density at radius 2 is 1.86 bits per heavy atom. The number of carbonyl (C=O) groups is 2. The topological polar surface area (TPSA) is 92.8 Å². The number of ether oxygens (including phenoxy) is 2. The largest absolute Gasteiger partial charge is 0.493 e. The summed E-state index contributed by atoms with van der Waals surface area (Å²) < 4.78 is 11.2. The van der Waals surface area contributed by atoms with Crippen molar-refractivity contribution in [3.05, 3.63) is 53.3 Å². The van der Waals surface area contributed by atoms with Crippen molar-refractivity contribution in [2.45, 2.75) is 63.6 Å². The predicted octanol–water partition coefficient (Wildman–Crippen LogP) is 2.63. The van der Waals surface area contributed by atoms with Crippen molar-refractivity contribution in [3.8, 4) is 11.5 Å². The van der Waals surface area contributed by atoms with Crippen LogP contribution < -0.4 is 20.1 Å². The van der Waals surface area contributed by atoms with E-state index < -0.39 is 0 Å². The number of amides is 2. The molecule has 2 aliphatic heterocycles. The molecule has 0 spiro atoms. The van der Waals surface area contributed by atoms with Crippen LogP contribution in [-0.2, 0) is 29.0 Å². The summed E-state index contributed by atoms with van der Waals surface area (Å²) in [4.78, 5) is 32.4. The first-order chi connectivity index (χ1) is 17.1. The first kappa shape index (κ1) is 25.0. The molecule has 0 aliphatic carbocycles. The van der Waals surface area contributed by atoms with E-state index in [0.29, 0.717) is 50.4 Å². The zero-order valence-electron chi connectivity index (χ0n) is 20.7. The van der Waals surface area contributed by atoms with Gasteiger partial charge in [-0.1, -0.05) is 12.1 Å². The lowest BCUT2D eigenvalue weighted by atomic mass is 10.0. The van der Waals surface area contributed by atoms with E-state index in [2.05, 4.69) is 26.6 Å². The van der Waals surface area contributed by atoms with Crippen LogP contribution in [0.25, 0.3) is 0 Å². The standard InChI is InChI=1S/C27H36N4O4/c1-34-24-15-19-8-11-25(32)30-17-23-10-9-22(31(23)18-21-7-3-4-12-28-21)16-26(33)29-13-5-6-20(14-19)27(24)35-2/h3-4,7,12,14-15,22-23H,5-6,8-11,13,16-18H2,1-2H3,(H,29,33)(H,30,32)/t22-,23+/m0/s1. The normalized spacial score (nSPS) is 22.1. The predicted molar refractivity (Wildman–Crippen MR) is 133 cm³/mol. The van der Waals surface area contributed by atoms with Crippen molar-refractivity contribution in [1.82, 2.24) is 20.5 Å². The van der Waals surface area contributed by atoms with Gasteiger partial charge in [-0.25, -0.2) is 0 Å². The maximum absolute atomic E-state index is 12.8. The highest BCUT2D eigenvalue weighted by atomic mass is 16.5. The summed E-state index contributed by atoms with van der Waals surface area (Å²) in [6.45, 7) is 1.84. The number of methoxy groups -OCH3 is 2. The van der Waals surface area contributed by atoms with Crippen molar-refractivity contribution in [3.63, 3.8) is 0 Å². The first-order valence-corrected chi connectivity index (χ1v) is 12.5. The molecule has 0 unspecified atom stereocenters.